The van der Waals surface area contributed by atoms with Crippen LogP contribution in [0.3, 0.4) is 0 Å². The summed E-state index contributed by atoms with van der Waals surface area (Å²) in [6, 6.07) is 23.5. The summed E-state index contributed by atoms with van der Waals surface area (Å²) in [5, 5.41) is 16.1. The quantitative estimate of drug-likeness (QED) is 0.560. The molecule has 3 aromatic carbocycles. The number of anilines is 2. The first-order valence-corrected chi connectivity index (χ1v) is 9.19. The van der Waals surface area contributed by atoms with Gasteiger partial charge in [0.05, 0.1) is 11.6 Å². The van der Waals surface area contributed by atoms with Crippen molar-refractivity contribution in [3.05, 3.63) is 95.1 Å². The second kappa shape index (κ2) is 6.46. The van der Waals surface area contributed by atoms with Crippen molar-refractivity contribution in [1.29, 1.82) is 0 Å². The highest BCUT2D eigenvalue weighted by atomic mass is 16.2. The summed E-state index contributed by atoms with van der Waals surface area (Å²) in [6.45, 7) is 2.06. The predicted molar refractivity (Wildman–Crippen MR) is 110 cm³/mol. The van der Waals surface area contributed by atoms with Crippen LogP contribution in [0.4, 0.5) is 11.5 Å². The smallest absolute Gasteiger partial charge is 0.252 e. The Balaban J connectivity index is 1.60. The lowest BCUT2D eigenvalue weighted by molar-refractivity contribution is 0.0960. The molecule has 1 unspecified atom stereocenters. The standard InChI is InChI=1S/C23H18N4O/c1-14-7-2-4-9-16(14)22-21-17(23(28)25-22)10-6-12-19(21)24-20-13-15-8-3-5-11-18(15)26-27-20/h2-13,22H,1H3,(H,24,27)(H,25,28). The van der Waals surface area contributed by atoms with Crippen LogP contribution in [0.1, 0.15) is 33.1 Å². The molecule has 0 saturated heterocycles. The number of amides is 1. The van der Waals surface area contributed by atoms with Crippen molar-refractivity contribution in [2.45, 2.75) is 13.0 Å². The molecule has 28 heavy (non-hydrogen) atoms. The summed E-state index contributed by atoms with van der Waals surface area (Å²) in [7, 11) is 0. The van der Waals surface area contributed by atoms with Crippen molar-refractivity contribution in [1.82, 2.24) is 15.5 Å². The number of nitrogens with one attached hydrogen (secondary N) is 2. The van der Waals surface area contributed by atoms with E-state index in [1.807, 2.05) is 60.7 Å². The maximum absolute atomic E-state index is 12.6. The lowest BCUT2D eigenvalue weighted by Gasteiger charge is -2.18. The molecule has 4 aromatic rings. The topological polar surface area (TPSA) is 66.9 Å². The average Bonchev–Trinajstić information content (AvgIpc) is 3.06. The highest BCUT2D eigenvalue weighted by Gasteiger charge is 2.32. The van der Waals surface area contributed by atoms with E-state index in [0.29, 0.717) is 11.4 Å². The van der Waals surface area contributed by atoms with Gasteiger partial charge in [-0.05, 0) is 42.3 Å². The van der Waals surface area contributed by atoms with E-state index < -0.39 is 0 Å². The summed E-state index contributed by atoms with van der Waals surface area (Å²) in [6.07, 6.45) is 0. The van der Waals surface area contributed by atoms with Gasteiger partial charge in [-0.25, -0.2) is 0 Å². The second-order valence-corrected chi connectivity index (χ2v) is 6.94. The first-order chi connectivity index (χ1) is 13.7. The number of hydrogen-bond donors (Lipinski definition) is 2. The minimum Gasteiger partial charge on any atom is -0.341 e. The summed E-state index contributed by atoms with van der Waals surface area (Å²) in [4.78, 5) is 12.6. The molecule has 0 radical (unpaired) electrons. The molecule has 1 atom stereocenters. The van der Waals surface area contributed by atoms with Crippen LogP contribution in [-0.2, 0) is 0 Å². The number of aryl methyl sites for hydroxylation is 1. The Labute approximate surface area is 162 Å². The summed E-state index contributed by atoms with van der Waals surface area (Å²) in [5.41, 5.74) is 5.56. The molecule has 5 nitrogen and oxygen atoms in total. The number of nitrogens with zero attached hydrogens (tertiary/aromatic N) is 2. The van der Waals surface area contributed by atoms with E-state index in [1.54, 1.807) is 0 Å². The first kappa shape index (κ1) is 16.4. The molecule has 1 aliphatic heterocycles. The van der Waals surface area contributed by atoms with Gasteiger partial charge in [-0.1, -0.05) is 48.5 Å². The zero-order valence-electron chi connectivity index (χ0n) is 15.3. The van der Waals surface area contributed by atoms with Gasteiger partial charge >= 0.3 is 0 Å². The predicted octanol–water partition coefficient (Wildman–Crippen LogP) is 4.51. The Kier molecular flexibility index (Phi) is 3.79. The Hall–Kier alpha value is -3.73. The molecule has 0 bridgehead atoms. The Morgan fingerprint density at radius 1 is 0.929 bits per heavy atom. The largest absolute Gasteiger partial charge is 0.341 e. The molecule has 5 heteroatoms. The van der Waals surface area contributed by atoms with Crippen LogP contribution in [0, 0.1) is 6.92 Å². The maximum atomic E-state index is 12.6. The van der Waals surface area contributed by atoms with Gasteiger partial charge < -0.3 is 10.6 Å². The molecule has 2 N–H and O–H groups in total. The van der Waals surface area contributed by atoms with E-state index in [0.717, 1.165) is 33.3 Å². The second-order valence-electron chi connectivity index (χ2n) is 6.94. The van der Waals surface area contributed by atoms with Crippen LogP contribution in [0.5, 0.6) is 0 Å². The highest BCUT2D eigenvalue weighted by Crippen LogP contribution is 2.38. The minimum atomic E-state index is -0.194. The fourth-order valence-electron chi connectivity index (χ4n) is 3.79. The van der Waals surface area contributed by atoms with Crippen molar-refractivity contribution >= 4 is 28.3 Å². The van der Waals surface area contributed by atoms with Gasteiger partial charge in [-0.3, -0.25) is 4.79 Å². The SMILES string of the molecule is Cc1ccccc1C1NC(=O)c2cccc(Nc3cc4ccccc4nn3)c21. The summed E-state index contributed by atoms with van der Waals surface area (Å²) < 4.78 is 0. The van der Waals surface area contributed by atoms with Gasteiger partial charge in [0, 0.05) is 22.2 Å². The van der Waals surface area contributed by atoms with Crippen molar-refractivity contribution < 1.29 is 4.79 Å². The van der Waals surface area contributed by atoms with Crippen molar-refractivity contribution in [2.75, 3.05) is 5.32 Å². The number of hydrogen-bond acceptors (Lipinski definition) is 4. The first-order valence-electron chi connectivity index (χ1n) is 9.19. The van der Waals surface area contributed by atoms with Crippen molar-refractivity contribution in [2.24, 2.45) is 0 Å². The van der Waals surface area contributed by atoms with Crippen LogP contribution in [0.2, 0.25) is 0 Å². The van der Waals surface area contributed by atoms with E-state index in [4.69, 9.17) is 0 Å². The Morgan fingerprint density at radius 3 is 2.64 bits per heavy atom. The van der Waals surface area contributed by atoms with Gasteiger partial charge in [-0.15, -0.1) is 10.2 Å². The van der Waals surface area contributed by atoms with Crippen LogP contribution < -0.4 is 10.6 Å². The zero-order chi connectivity index (χ0) is 19.1. The third-order valence-electron chi connectivity index (χ3n) is 5.17. The number of rotatable bonds is 3. The van der Waals surface area contributed by atoms with Gasteiger partial charge in [0.25, 0.3) is 5.91 Å². The summed E-state index contributed by atoms with van der Waals surface area (Å²) in [5.74, 6) is 0.589. The van der Waals surface area contributed by atoms with Crippen molar-refractivity contribution in [3.63, 3.8) is 0 Å². The molecule has 0 spiro atoms. The Morgan fingerprint density at radius 2 is 1.75 bits per heavy atom. The molecule has 0 fully saturated rings. The highest BCUT2D eigenvalue weighted by molar-refractivity contribution is 6.02. The summed E-state index contributed by atoms with van der Waals surface area (Å²) >= 11 is 0. The van der Waals surface area contributed by atoms with Gasteiger partial charge in [0.15, 0.2) is 5.82 Å². The van der Waals surface area contributed by atoms with Crippen LogP contribution in [0.25, 0.3) is 10.9 Å². The molecule has 1 amide bonds. The molecule has 5 rings (SSSR count). The van der Waals surface area contributed by atoms with Crippen LogP contribution >= 0.6 is 0 Å². The molecule has 136 valence electrons. The van der Waals surface area contributed by atoms with Crippen LogP contribution in [-0.4, -0.2) is 16.1 Å². The van der Waals surface area contributed by atoms with Gasteiger partial charge in [0.2, 0.25) is 0 Å². The molecule has 1 aliphatic rings. The number of benzene rings is 3. The van der Waals surface area contributed by atoms with Crippen molar-refractivity contribution in [3.8, 4) is 0 Å². The van der Waals surface area contributed by atoms with E-state index in [9.17, 15) is 4.79 Å². The third-order valence-corrected chi connectivity index (χ3v) is 5.17. The third kappa shape index (κ3) is 2.68. The van der Waals surface area contributed by atoms with E-state index in [-0.39, 0.29) is 11.9 Å². The molecular weight excluding hydrogens is 348 g/mol. The lowest BCUT2D eigenvalue weighted by Crippen LogP contribution is -2.20. The molecular formula is C23H18N4O. The average molecular weight is 366 g/mol. The number of carbonyl (C=O) groups is 1. The van der Waals surface area contributed by atoms with E-state index in [1.165, 1.54) is 0 Å². The molecule has 2 heterocycles. The minimum absolute atomic E-state index is 0.0588. The fourth-order valence-corrected chi connectivity index (χ4v) is 3.79. The number of carbonyl (C=O) groups excluding carboxylic acids is 1. The van der Waals surface area contributed by atoms with E-state index >= 15 is 0 Å². The number of fused-ring (bicyclic) bond motifs is 2. The fraction of sp³-hybridized carbons (Fsp3) is 0.0870. The monoisotopic (exact) mass is 366 g/mol. The maximum Gasteiger partial charge on any atom is 0.252 e. The van der Waals surface area contributed by atoms with Gasteiger partial charge in [-0.2, -0.15) is 0 Å². The molecule has 0 aliphatic carbocycles. The van der Waals surface area contributed by atoms with Crippen LogP contribution in [0.15, 0.2) is 72.8 Å². The number of aromatic nitrogens is 2. The lowest BCUT2D eigenvalue weighted by atomic mass is 9.94. The molecule has 0 saturated carbocycles. The Bertz CT molecular complexity index is 1220. The normalized spacial score (nSPS) is 15.3. The van der Waals surface area contributed by atoms with E-state index in [2.05, 4.69) is 39.9 Å². The van der Waals surface area contributed by atoms with Gasteiger partial charge in [0.1, 0.15) is 0 Å². The molecule has 1 aromatic heterocycles. The zero-order valence-corrected chi connectivity index (χ0v) is 15.3.